The summed E-state index contributed by atoms with van der Waals surface area (Å²) < 4.78 is 127. The minimum absolute atomic E-state index is 0.00689. The smallest absolute Gasteiger partial charge is 0.346 e. The molecule has 2 unspecified atom stereocenters. The van der Waals surface area contributed by atoms with E-state index in [9.17, 15) is 18.4 Å². The molecule has 2 atom stereocenters. The Labute approximate surface area is 503 Å². The second kappa shape index (κ2) is 22.5. The zero-order valence-corrected chi connectivity index (χ0v) is 47.0. The Morgan fingerprint density at radius 1 is 0.506 bits per heavy atom. The number of nitriles is 2. The van der Waals surface area contributed by atoms with Crippen LogP contribution in [0.25, 0.3) is 44.6 Å². The molecule has 4 aliphatic rings. The summed E-state index contributed by atoms with van der Waals surface area (Å²) in [4.78, 5) is 46.6. The van der Waals surface area contributed by atoms with E-state index in [4.69, 9.17) is 44.2 Å². The number of halogens is 6. The van der Waals surface area contributed by atoms with Crippen molar-refractivity contribution in [2.45, 2.75) is 87.9 Å². The Kier molecular flexibility index (Phi) is 14.3. The molecule has 0 amide bonds. The fourth-order valence-corrected chi connectivity index (χ4v) is 12.0. The van der Waals surface area contributed by atoms with E-state index in [1.54, 1.807) is 36.4 Å². The summed E-state index contributed by atoms with van der Waals surface area (Å²) in [5.74, 6) is -5.42. The van der Waals surface area contributed by atoms with Crippen LogP contribution in [-0.4, -0.2) is 65.4 Å². The van der Waals surface area contributed by atoms with Crippen LogP contribution in [0.2, 0.25) is 0 Å². The number of hydrogen-bond donors (Lipinski definition) is 0. The van der Waals surface area contributed by atoms with Crippen LogP contribution in [0, 0.1) is 57.6 Å². The van der Waals surface area contributed by atoms with Gasteiger partial charge in [0.2, 0.25) is 11.8 Å². The number of rotatable bonds is 16. The summed E-state index contributed by atoms with van der Waals surface area (Å²) in [6.07, 6.45) is 4.35. The van der Waals surface area contributed by atoms with E-state index >= 15 is 17.6 Å². The SMILES string of the molecule is N#Cc1ccc(COc2cccc(-c3cc(F)c(Cc4nc5ccc(C(=O)OC(=O)c6ccc7nc(Cc8cc(F)c(-c9cccc(OCc%10ccc(C#N)cc%10F)n9)cc8F)n(C8COC9(CC9)C8)c7c6)cc5n4C4COC5(CC5)C4)cc3F)n2)c(F)c1. The molecule has 15 nitrogen and oxygen atoms in total. The molecule has 2 aliphatic heterocycles. The third-order valence-electron chi connectivity index (χ3n) is 17.0. The molecule has 2 aliphatic carbocycles. The van der Waals surface area contributed by atoms with Crippen molar-refractivity contribution in [3.8, 4) is 46.4 Å². The highest BCUT2D eigenvalue weighted by molar-refractivity contribution is 6.05. The van der Waals surface area contributed by atoms with Gasteiger partial charge in [-0.25, -0.2) is 55.9 Å². The van der Waals surface area contributed by atoms with Crippen LogP contribution in [-0.2, 0) is 40.3 Å². The number of hydrogen-bond acceptors (Lipinski definition) is 13. The lowest BCUT2D eigenvalue weighted by molar-refractivity contribution is 0.0397. The summed E-state index contributed by atoms with van der Waals surface area (Å²) in [5.41, 5.74) is 1.74. The van der Waals surface area contributed by atoms with Gasteiger partial charge < -0.3 is 32.8 Å². The second-order valence-corrected chi connectivity index (χ2v) is 22.9. The van der Waals surface area contributed by atoms with Crippen LogP contribution in [0.4, 0.5) is 26.3 Å². The van der Waals surface area contributed by atoms with E-state index in [0.29, 0.717) is 59.8 Å². The minimum Gasteiger partial charge on any atom is -0.473 e. The molecule has 10 aromatic rings. The summed E-state index contributed by atoms with van der Waals surface area (Å²) >= 11 is 0. The topological polar surface area (TPSA) is 189 Å². The number of esters is 2. The number of pyridine rings is 2. The zero-order valence-electron chi connectivity index (χ0n) is 47.0. The molecule has 4 fully saturated rings. The molecule has 2 saturated heterocycles. The molecule has 6 heterocycles. The molecular weight excluding hydrogens is 1150 g/mol. The predicted octanol–water partition coefficient (Wildman–Crippen LogP) is 13.4. The first-order valence-corrected chi connectivity index (χ1v) is 28.7. The largest absolute Gasteiger partial charge is 0.473 e. The van der Waals surface area contributed by atoms with Gasteiger partial charge in [0.1, 0.15) is 59.8 Å². The Bertz CT molecular complexity index is 4370. The molecule has 4 aromatic heterocycles. The summed E-state index contributed by atoms with van der Waals surface area (Å²) in [6, 6.07) is 33.6. The number of benzene rings is 6. The van der Waals surface area contributed by atoms with Crippen molar-refractivity contribution < 1.29 is 59.6 Å². The van der Waals surface area contributed by atoms with E-state index < -0.39 is 46.8 Å². The number of ether oxygens (including phenoxy) is 5. The molecule has 2 saturated carbocycles. The zero-order chi connectivity index (χ0) is 61.3. The van der Waals surface area contributed by atoms with Crippen LogP contribution in [0.1, 0.15) is 116 Å². The Balaban J connectivity index is 0.703. The number of carbonyl (C=O) groups excluding carboxylic acids is 2. The van der Waals surface area contributed by atoms with Gasteiger partial charge in [-0.05, 0) is 147 Å². The predicted molar refractivity (Wildman–Crippen MR) is 308 cm³/mol. The standard InChI is InChI=1S/C68H48F6N8O7/c69-49-19-37(31-75)7-9-41(49)33-85-63-5-1-3-55(79-63)47-27-51(71)43(21-53(47)73)25-61-77-57-13-11-39(23-59(57)81(61)45-29-67(15-16-67)87-35-45)65(83)89-66(84)40-12-14-58-60(24-40)82(46-30-68(17-18-68)88-36-46)62(78-58)26-44-22-54(74)48(28-52(44)72)56-4-2-6-64(80-56)86-34-42-10-8-38(32-76)20-50(42)70/h1-14,19-24,27-28,45-46H,15-18,25-26,29-30,33-36H2. The first-order valence-electron chi connectivity index (χ1n) is 28.7. The molecule has 89 heavy (non-hydrogen) atoms. The Morgan fingerprint density at radius 3 is 1.33 bits per heavy atom. The third-order valence-corrected chi connectivity index (χ3v) is 17.0. The average Bonchev–Trinajstić information content (AvgIpc) is 1.65. The van der Waals surface area contributed by atoms with Crippen LogP contribution in [0.5, 0.6) is 11.8 Å². The number of nitrogens with zero attached hydrogens (tertiary/aromatic N) is 8. The molecule has 0 N–H and O–H groups in total. The van der Waals surface area contributed by atoms with Crippen LogP contribution in [0.3, 0.4) is 0 Å². The summed E-state index contributed by atoms with van der Waals surface area (Å²) in [6.45, 7) is 0.144. The van der Waals surface area contributed by atoms with Gasteiger partial charge >= 0.3 is 11.9 Å². The highest BCUT2D eigenvalue weighted by Crippen LogP contribution is 2.53. The lowest BCUT2D eigenvalue weighted by Gasteiger charge is -2.17. The van der Waals surface area contributed by atoms with Gasteiger partial charge in [0.05, 0.1) is 104 Å². The van der Waals surface area contributed by atoms with Gasteiger partial charge in [0.25, 0.3) is 0 Å². The molecule has 6 aromatic carbocycles. The van der Waals surface area contributed by atoms with Crippen molar-refractivity contribution >= 4 is 34.0 Å². The number of imidazole rings is 2. The maximum absolute atomic E-state index is 16.3. The van der Waals surface area contributed by atoms with Crippen molar-refractivity contribution in [1.29, 1.82) is 10.5 Å². The molecule has 14 rings (SSSR count). The Morgan fingerprint density at radius 2 is 0.933 bits per heavy atom. The van der Waals surface area contributed by atoms with Gasteiger partial charge in [-0.15, -0.1) is 0 Å². The highest BCUT2D eigenvalue weighted by Gasteiger charge is 2.52. The first kappa shape index (κ1) is 56.6. The fraction of sp³-hybridized carbons (Fsp3) is 0.235. The van der Waals surface area contributed by atoms with Gasteiger partial charge in [0, 0.05) is 47.2 Å². The Hall–Kier alpha value is -10.2. The average molecular weight is 1200 g/mol. The third kappa shape index (κ3) is 11.2. The van der Waals surface area contributed by atoms with E-state index in [1.165, 1.54) is 60.7 Å². The number of carbonyl (C=O) groups is 2. The molecular formula is C68H48F6N8O7. The maximum Gasteiger partial charge on any atom is 0.346 e. The summed E-state index contributed by atoms with van der Waals surface area (Å²) in [7, 11) is 0. The van der Waals surface area contributed by atoms with Gasteiger partial charge in [-0.1, -0.05) is 24.3 Å². The van der Waals surface area contributed by atoms with Crippen molar-refractivity contribution in [3.05, 3.63) is 225 Å². The second-order valence-electron chi connectivity index (χ2n) is 22.9. The number of fused-ring (bicyclic) bond motifs is 2. The minimum atomic E-state index is -0.969. The van der Waals surface area contributed by atoms with Crippen LogP contribution in [0.15, 0.2) is 133 Å². The highest BCUT2D eigenvalue weighted by atomic mass is 19.1. The van der Waals surface area contributed by atoms with E-state index in [1.807, 2.05) is 21.3 Å². The van der Waals surface area contributed by atoms with Crippen LogP contribution < -0.4 is 9.47 Å². The molecule has 2 spiro atoms. The van der Waals surface area contributed by atoms with Crippen molar-refractivity contribution in [2.75, 3.05) is 13.2 Å². The van der Waals surface area contributed by atoms with E-state index in [-0.39, 0.29) is 128 Å². The van der Waals surface area contributed by atoms with E-state index in [2.05, 4.69) is 9.97 Å². The monoisotopic (exact) mass is 1200 g/mol. The lowest BCUT2D eigenvalue weighted by Crippen LogP contribution is -2.16. The van der Waals surface area contributed by atoms with Gasteiger partial charge in [0.15, 0.2) is 0 Å². The maximum atomic E-state index is 16.3. The van der Waals surface area contributed by atoms with Crippen molar-refractivity contribution in [1.82, 2.24) is 29.1 Å². The quantitative estimate of drug-likeness (QED) is 0.0505. The van der Waals surface area contributed by atoms with Gasteiger partial charge in [-0.3, -0.25) is 0 Å². The molecule has 444 valence electrons. The normalized spacial score (nSPS) is 16.9. The molecule has 0 radical (unpaired) electrons. The summed E-state index contributed by atoms with van der Waals surface area (Å²) in [5, 5.41) is 18.2. The number of aromatic nitrogens is 6. The first-order chi connectivity index (χ1) is 43.1. The van der Waals surface area contributed by atoms with Crippen LogP contribution >= 0.6 is 0 Å². The molecule has 0 bridgehead atoms. The van der Waals surface area contributed by atoms with Gasteiger partial charge in [-0.2, -0.15) is 10.5 Å². The lowest BCUT2D eigenvalue weighted by atomic mass is 10.0. The van der Waals surface area contributed by atoms with E-state index in [0.717, 1.165) is 62.1 Å². The van der Waals surface area contributed by atoms with Crippen molar-refractivity contribution in [3.63, 3.8) is 0 Å². The fourth-order valence-electron chi connectivity index (χ4n) is 12.0. The molecule has 21 heteroatoms. The van der Waals surface area contributed by atoms with Crippen molar-refractivity contribution in [2.24, 2.45) is 0 Å².